The molecule has 1 radical (unpaired) electrons. The van der Waals surface area contributed by atoms with Gasteiger partial charge in [-0.2, -0.15) is 20.8 Å². The molecule has 0 fully saturated rings. The average Bonchev–Trinajstić information content (AvgIpc) is 2.71. The topological polar surface area (TPSA) is 0 Å². The van der Waals surface area contributed by atoms with Gasteiger partial charge in [-0.25, -0.2) is 0 Å². The minimum absolute atomic E-state index is 0. The standard InChI is InChI=1S/C5H6.3C2H5.Zr/c1-2-4-5-3-1;3*1-2;/h1-4H,5H2;3*1H2,2H3;/q;3*-1;+3. The maximum Gasteiger partial charge on any atom is 3.00 e. The molecule has 0 nitrogen and oxygen atoms in total. The summed E-state index contributed by atoms with van der Waals surface area (Å²) in [7, 11) is 0. The summed E-state index contributed by atoms with van der Waals surface area (Å²) in [6, 6.07) is 0. The van der Waals surface area contributed by atoms with Crippen molar-refractivity contribution in [1.82, 2.24) is 0 Å². The summed E-state index contributed by atoms with van der Waals surface area (Å²) in [5, 5.41) is 0. The van der Waals surface area contributed by atoms with Crippen LogP contribution >= 0.6 is 0 Å². The number of hydrogen-bond acceptors (Lipinski definition) is 0. The first-order valence-corrected chi connectivity index (χ1v) is 3.94. The largest absolute Gasteiger partial charge is 3.00 e. The number of allylic oxidation sites excluding steroid dienone is 4. The van der Waals surface area contributed by atoms with Crippen LogP contribution in [0, 0.1) is 20.8 Å². The van der Waals surface area contributed by atoms with E-state index in [9.17, 15) is 0 Å². The van der Waals surface area contributed by atoms with E-state index in [2.05, 4.69) is 45.1 Å². The van der Waals surface area contributed by atoms with E-state index < -0.39 is 0 Å². The Kier molecular flexibility index (Phi) is 80.7. The van der Waals surface area contributed by atoms with Gasteiger partial charge in [0.2, 0.25) is 0 Å². The summed E-state index contributed by atoms with van der Waals surface area (Å²) in [4.78, 5) is 0. The molecule has 12 heavy (non-hydrogen) atoms. The Bertz CT molecular complexity index is 63.1. The van der Waals surface area contributed by atoms with Crippen molar-refractivity contribution in [1.29, 1.82) is 0 Å². The first-order chi connectivity index (χ1) is 5.50. The van der Waals surface area contributed by atoms with Crippen molar-refractivity contribution >= 4 is 0 Å². The molecule has 69 valence electrons. The predicted octanol–water partition coefficient (Wildman–Crippen LogP) is 4.02. The Balaban J connectivity index is -0.0000000406. The maximum absolute atomic E-state index is 3.25. The van der Waals surface area contributed by atoms with Crippen molar-refractivity contribution in [2.75, 3.05) is 0 Å². The Morgan fingerprint density at radius 3 is 1.08 bits per heavy atom. The van der Waals surface area contributed by atoms with Crippen LogP contribution in [0.3, 0.4) is 0 Å². The third-order valence-electron chi connectivity index (χ3n) is 0.655. The van der Waals surface area contributed by atoms with Gasteiger partial charge in [0.05, 0.1) is 0 Å². The Morgan fingerprint density at radius 2 is 1.00 bits per heavy atom. The maximum atomic E-state index is 3.25. The molecule has 0 aliphatic heterocycles. The number of rotatable bonds is 0. The van der Waals surface area contributed by atoms with Crippen LogP contribution in [0.4, 0.5) is 0 Å². The van der Waals surface area contributed by atoms with Crippen LogP contribution in [0.15, 0.2) is 24.3 Å². The van der Waals surface area contributed by atoms with Gasteiger partial charge in [0, 0.05) is 0 Å². The summed E-state index contributed by atoms with van der Waals surface area (Å²) in [5.41, 5.74) is 0. The van der Waals surface area contributed by atoms with Gasteiger partial charge in [0.15, 0.2) is 0 Å². The zero-order valence-electron chi connectivity index (χ0n) is 8.64. The van der Waals surface area contributed by atoms with E-state index in [4.69, 9.17) is 0 Å². The molecule has 0 aromatic carbocycles. The zero-order valence-corrected chi connectivity index (χ0v) is 11.1. The molecule has 1 aliphatic carbocycles. The van der Waals surface area contributed by atoms with Crippen LogP contribution in [0.1, 0.15) is 27.2 Å². The van der Waals surface area contributed by atoms with Crippen LogP contribution in [-0.2, 0) is 26.2 Å². The van der Waals surface area contributed by atoms with Gasteiger partial charge in [0.1, 0.15) is 0 Å². The smallest absolute Gasteiger partial charge is 0.346 e. The molecule has 0 saturated carbocycles. The SMILES string of the molecule is C1=CCC=C1.[CH2-]C.[CH2-]C.[CH2-]C.[Zr+3]. The van der Waals surface area contributed by atoms with E-state index >= 15 is 0 Å². The van der Waals surface area contributed by atoms with Gasteiger partial charge in [-0.15, -0.1) is 0 Å². The van der Waals surface area contributed by atoms with Gasteiger partial charge in [-0.1, -0.05) is 24.3 Å². The minimum Gasteiger partial charge on any atom is -0.346 e. The molecular weight excluding hydrogens is 223 g/mol. The molecule has 0 spiro atoms. The van der Waals surface area contributed by atoms with Crippen LogP contribution in [0.5, 0.6) is 0 Å². The minimum atomic E-state index is 0. The van der Waals surface area contributed by atoms with E-state index in [1.54, 1.807) is 20.8 Å². The normalized spacial score (nSPS) is 8.83. The van der Waals surface area contributed by atoms with E-state index in [0.717, 1.165) is 6.42 Å². The quantitative estimate of drug-likeness (QED) is 0.565. The Morgan fingerprint density at radius 1 is 0.750 bits per heavy atom. The van der Waals surface area contributed by atoms with E-state index in [1.807, 2.05) is 0 Å². The van der Waals surface area contributed by atoms with Crippen molar-refractivity contribution in [3.05, 3.63) is 45.1 Å². The first kappa shape index (κ1) is 22.8. The molecule has 0 saturated heterocycles. The van der Waals surface area contributed by atoms with E-state index in [0.29, 0.717) is 0 Å². The molecule has 1 aliphatic rings. The van der Waals surface area contributed by atoms with Gasteiger partial charge >= 0.3 is 26.2 Å². The molecule has 0 heterocycles. The van der Waals surface area contributed by atoms with E-state index in [-0.39, 0.29) is 26.2 Å². The van der Waals surface area contributed by atoms with Crippen LogP contribution in [-0.4, -0.2) is 0 Å². The Labute approximate surface area is 98.3 Å². The van der Waals surface area contributed by atoms with Gasteiger partial charge < -0.3 is 20.8 Å². The third-order valence-corrected chi connectivity index (χ3v) is 0.655. The van der Waals surface area contributed by atoms with Crippen molar-refractivity contribution in [3.8, 4) is 0 Å². The molecule has 0 aromatic heterocycles. The molecule has 0 amide bonds. The van der Waals surface area contributed by atoms with Crippen LogP contribution < -0.4 is 0 Å². The molecule has 0 N–H and O–H groups in total. The second-order valence-corrected chi connectivity index (χ2v) is 1.09. The second-order valence-electron chi connectivity index (χ2n) is 1.09. The van der Waals surface area contributed by atoms with Gasteiger partial charge in [0.25, 0.3) is 0 Å². The fourth-order valence-corrected chi connectivity index (χ4v) is 0.393. The van der Waals surface area contributed by atoms with Gasteiger partial charge in [-0.3, -0.25) is 0 Å². The van der Waals surface area contributed by atoms with Crippen molar-refractivity contribution in [2.24, 2.45) is 0 Å². The summed E-state index contributed by atoms with van der Waals surface area (Å²) in [6.45, 7) is 15.0. The summed E-state index contributed by atoms with van der Waals surface area (Å²) in [5.74, 6) is 0. The summed E-state index contributed by atoms with van der Waals surface area (Å²) < 4.78 is 0. The molecule has 0 atom stereocenters. The monoisotopic (exact) mass is 243 g/mol. The summed E-state index contributed by atoms with van der Waals surface area (Å²) >= 11 is 0. The predicted molar refractivity (Wildman–Crippen MR) is 56.0 cm³/mol. The molecule has 1 heteroatoms. The van der Waals surface area contributed by atoms with Crippen LogP contribution in [0.2, 0.25) is 0 Å². The Hall–Kier alpha value is 0.363. The van der Waals surface area contributed by atoms with Crippen molar-refractivity contribution in [3.63, 3.8) is 0 Å². The fraction of sp³-hybridized carbons (Fsp3) is 0.364. The number of hydrogen-bond donors (Lipinski definition) is 0. The molecule has 0 bridgehead atoms. The molecule has 0 aromatic rings. The van der Waals surface area contributed by atoms with Crippen LogP contribution in [0.25, 0.3) is 0 Å². The van der Waals surface area contributed by atoms with E-state index in [1.165, 1.54) is 0 Å². The zero-order chi connectivity index (χ0) is 9.54. The summed E-state index contributed by atoms with van der Waals surface area (Å²) in [6.07, 6.45) is 9.50. The molecule has 0 unspecified atom stereocenters. The molecular formula is C11H21Zr. The third kappa shape index (κ3) is 31.6. The van der Waals surface area contributed by atoms with Gasteiger partial charge in [-0.05, 0) is 6.42 Å². The second kappa shape index (κ2) is 42.4. The molecule has 1 rings (SSSR count). The first-order valence-electron chi connectivity index (χ1n) is 3.94. The fourth-order valence-electron chi connectivity index (χ4n) is 0.393. The average molecular weight is 245 g/mol. The van der Waals surface area contributed by atoms with Crippen molar-refractivity contribution in [2.45, 2.75) is 27.2 Å². The van der Waals surface area contributed by atoms with Crippen molar-refractivity contribution < 1.29 is 26.2 Å².